The highest BCUT2D eigenvalue weighted by Gasteiger charge is 2.28. The predicted molar refractivity (Wildman–Crippen MR) is 111 cm³/mol. The molecule has 0 N–H and O–H groups in total. The predicted octanol–water partition coefficient (Wildman–Crippen LogP) is 4.17. The third-order valence-corrected chi connectivity index (χ3v) is 7.16. The first-order valence-corrected chi connectivity index (χ1v) is 11.0. The second-order valence-electron chi connectivity index (χ2n) is 6.98. The first kappa shape index (κ1) is 19.2. The molecule has 0 radical (unpaired) electrons. The summed E-state index contributed by atoms with van der Waals surface area (Å²) in [6.07, 6.45) is 1.46. The lowest BCUT2D eigenvalue weighted by atomic mass is 10.1. The second-order valence-corrected chi connectivity index (χ2v) is 9.34. The van der Waals surface area contributed by atoms with Crippen LogP contribution in [-0.2, 0) is 14.6 Å². The van der Waals surface area contributed by atoms with Gasteiger partial charge in [-0.1, -0.05) is 17.7 Å². The van der Waals surface area contributed by atoms with Crippen LogP contribution < -0.4 is 4.90 Å². The molecule has 1 aromatic heterocycles. The Hall–Kier alpha value is -2.15. The van der Waals surface area contributed by atoms with E-state index in [2.05, 4.69) is 9.88 Å². The maximum Gasteiger partial charge on any atom is 0.210 e. The summed E-state index contributed by atoms with van der Waals surface area (Å²) in [6, 6.07) is 10.6. The average Bonchev–Trinajstić information content (AvgIpc) is 2.69. The summed E-state index contributed by atoms with van der Waals surface area (Å²) in [6.45, 7) is 6.20. The number of aromatic nitrogens is 1. The van der Waals surface area contributed by atoms with E-state index in [4.69, 9.17) is 16.3 Å². The van der Waals surface area contributed by atoms with Gasteiger partial charge in [-0.25, -0.2) is 8.42 Å². The molecular weight excluding hydrogens is 396 g/mol. The number of fused-ring (bicyclic) bond motifs is 1. The summed E-state index contributed by atoms with van der Waals surface area (Å²) < 4.78 is 32.6. The maximum absolute atomic E-state index is 13.6. The number of rotatable bonds is 3. The molecule has 1 aliphatic heterocycles. The highest BCUT2D eigenvalue weighted by atomic mass is 35.5. The number of ether oxygens (including phenoxy) is 1. The van der Waals surface area contributed by atoms with Gasteiger partial charge in [0.1, 0.15) is 4.90 Å². The lowest BCUT2D eigenvalue weighted by Gasteiger charge is -2.31. The Bertz CT molecular complexity index is 1160. The van der Waals surface area contributed by atoms with Crippen molar-refractivity contribution in [1.29, 1.82) is 0 Å². The Morgan fingerprint density at radius 1 is 1.04 bits per heavy atom. The number of benzene rings is 2. The Balaban J connectivity index is 1.98. The minimum atomic E-state index is -3.75. The van der Waals surface area contributed by atoms with E-state index in [0.717, 1.165) is 16.5 Å². The third-order valence-electron chi connectivity index (χ3n) is 5.17. The lowest BCUT2D eigenvalue weighted by molar-refractivity contribution is 0.122. The quantitative estimate of drug-likeness (QED) is 0.641. The Kier molecular flexibility index (Phi) is 5.04. The van der Waals surface area contributed by atoms with Gasteiger partial charge in [0, 0.05) is 29.7 Å². The van der Waals surface area contributed by atoms with E-state index in [0.29, 0.717) is 42.5 Å². The molecule has 2 aromatic carbocycles. The number of sulfone groups is 1. The molecule has 28 heavy (non-hydrogen) atoms. The molecule has 0 bridgehead atoms. The monoisotopic (exact) mass is 416 g/mol. The van der Waals surface area contributed by atoms with Gasteiger partial charge in [0.2, 0.25) is 9.84 Å². The number of anilines is 1. The molecular formula is C21H21ClN2O3S. The summed E-state index contributed by atoms with van der Waals surface area (Å²) in [5.74, 6) is 0. The van der Waals surface area contributed by atoms with Gasteiger partial charge in [0.05, 0.1) is 29.3 Å². The standard InChI is InChI=1S/C21H21ClN2O3S/c1-14-3-5-17(11-15(14)2)28(25,26)20-13-23-19-6-4-16(22)12-18(19)21(20)24-7-9-27-10-8-24/h3-6,11-13H,7-10H2,1-2H3. The van der Waals surface area contributed by atoms with Crippen LogP contribution in [0.15, 0.2) is 52.4 Å². The zero-order valence-corrected chi connectivity index (χ0v) is 17.3. The summed E-state index contributed by atoms with van der Waals surface area (Å²) >= 11 is 6.23. The Morgan fingerprint density at radius 2 is 1.79 bits per heavy atom. The van der Waals surface area contributed by atoms with Gasteiger partial charge in [-0.3, -0.25) is 4.98 Å². The van der Waals surface area contributed by atoms with Gasteiger partial charge < -0.3 is 9.64 Å². The van der Waals surface area contributed by atoms with E-state index in [-0.39, 0.29) is 9.79 Å². The van der Waals surface area contributed by atoms with E-state index >= 15 is 0 Å². The normalized spacial score (nSPS) is 15.2. The summed E-state index contributed by atoms with van der Waals surface area (Å²) in [7, 11) is -3.75. The molecule has 5 nitrogen and oxygen atoms in total. The highest BCUT2D eigenvalue weighted by Crippen LogP contribution is 2.37. The Labute approximate surface area is 169 Å². The van der Waals surface area contributed by atoms with Gasteiger partial charge in [-0.15, -0.1) is 0 Å². The molecule has 0 aliphatic carbocycles. The average molecular weight is 417 g/mol. The Morgan fingerprint density at radius 3 is 2.50 bits per heavy atom. The molecule has 1 aliphatic rings. The van der Waals surface area contributed by atoms with E-state index in [1.54, 1.807) is 24.3 Å². The number of aryl methyl sites for hydroxylation is 2. The number of nitrogens with zero attached hydrogens (tertiary/aromatic N) is 2. The molecule has 0 atom stereocenters. The van der Waals surface area contributed by atoms with Gasteiger partial charge in [0.25, 0.3) is 0 Å². The zero-order valence-electron chi connectivity index (χ0n) is 15.8. The van der Waals surface area contributed by atoms with Crippen LogP contribution in [0.5, 0.6) is 0 Å². The molecule has 7 heteroatoms. The van der Waals surface area contributed by atoms with E-state index in [9.17, 15) is 8.42 Å². The van der Waals surface area contributed by atoms with Crippen molar-refractivity contribution in [3.05, 3.63) is 58.7 Å². The third kappa shape index (κ3) is 3.36. The zero-order chi connectivity index (χ0) is 19.9. The molecule has 0 spiro atoms. The van der Waals surface area contributed by atoms with Gasteiger partial charge in [-0.2, -0.15) is 0 Å². The number of hydrogen-bond donors (Lipinski definition) is 0. The van der Waals surface area contributed by atoms with Crippen molar-refractivity contribution in [3.63, 3.8) is 0 Å². The van der Waals surface area contributed by atoms with Crippen LogP contribution in [0.25, 0.3) is 10.9 Å². The first-order valence-electron chi connectivity index (χ1n) is 9.11. The number of morpholine rings is 1. The molecule has 3 aromatic rings. The van der Waals surface area contributed by atoms with Crippen molar-refractivity contribution < 1.29 is 13.2 Å². The highest BCUT2D eigenvalue weighted by molar-refractivity contribution is 7.91. The van der Waals surface area contributed by atoms with Crippen molar-refractivity contribution in [2.45, 2.75) is 23.6 Å². The lowest BCUT2D eigenvalue weighted by Crippen LogP contribution is -2.37. The maximum atomic E-state index is 13.6. The van der Waals surface area contributed by atoms with Crippen LogP contribution in [0, 0.1) is 13.8 Å². The minimum absolute atomic E-state index is 0.201. The fraction of sp³-hybridized carbons (Fsp3) is 0.286. The smallest absolute Gasteiger partial charge is 0.210 e. The van der Waals surface area contributed by atoms with Gasteiger partial charge >= 0.3 is 0 Å². The van der Waals surface area contributed by atoms with Crippen LogP contribution in [0.2, 0.25) is 5.02 Å². The second kappa shape index (κ2) is 7.35. The van der Waals surface area contributed by atoms with Crippen LogP contribution >= 0.6 is 11.6 Å². The van der Waals surface area contributed by atoms with Crippen molar-refractivity contribution in [1.82, 2.24) is 4.98 Å². The van der Waals surface area contributed by atoms with Crippen molar-refractivity contribution >= 4 is 38.0 Å². The molecule has 0 amide bonds. The van der Waals surface area contributed by atoms with Crippen molar-refractivity contribution in [3.8, 4) is 0 Å². The van der Waals surface area contributed by atoms with E-state index < -0.39 is 9.84 Å². The molecule has 4 rings (SSSR count). The molecule has 146 valence electrons. The molecule has 0 unspecified atom stereocenters. The molecule has 0 saturated carbocycles. The van der Waals surface area contributed by atoms with Crippen LogP contribution in [0.1, 0.15) is 11.1 Å². The molecule has 1 fully saturated rings. The van der Waals surface area contributed by atoms with E-state index in [1.165, 1.54) is 6.20 Å². The fourth-order valence-electron chi connectivity index (χ4n) is 3.45. The van der Waals surface area contributed by atoms with Crippen LogP contribution in [0.3, 0.4) is 0 Å². The SMILES string of the molecule is Cc1ccc(S(=O)(=O)c2cnc3ccc(Cl)cc3c2N2CCOCC2)cc1C. The number of pyridine rings is 1. The molecule has 2 heterocycles. The summed E-state index contributed by atoms with van der Waals surface area (Å²) in [5, 5.41) is 1.28. The number of hydrogen-bond acceptors (Lipinski definition) is 5. The topological polar surface area (TPSA) is 59.5 Å². The van der Waals surface area contributed by atoms with E-state index in [1.807, 2.05) is 26.0 Å². The van der Waals surface area contributed by atoms with Crippen LogP contribution in [-0.4, -0.2) is 39.7 Å². The van der Waals surface area contributed by atoms with Crippen molar-refractivity contribution in [2.24, 2.45) is 0 Å². The van der Waals surface area contributed by atoms with Crippen LogP contribution in [0.4, 0.5) is 5.69 Å². The summed E-state index contributed by atoms with van der Waals surface area (Å²) in [5.41, 5.74) is 3.35. The van der Waals surface area contributed by atoms with Crippen molar-refractivity contribution in [2.75, 3.05) is 31.2 Å². The van der Waals surface area contributed by atoms with Gasteiger partial charge in [-0.05, 0) is 55.3 Å². The molecule has 1 saturated heterocycles. The fourth-order valence-corrected chi connectivity index (χ4v) is 5.14. The minimum Gasteiger partial charge on any atom is -0.378 e. The summed E-state index contributed by atoms with van der Waals surface area (Å²) in [4.78, 5) is 6.94. The van der Waals surface area contributed by atoms with Gasteiger partial charge in [0.15, 0.2) is 0 Å². The largest absolute Gasteiger partial charge is 0.378 e. The first-order chi connectivity index (χ1) is 13.4. The number of halogens is 1.